The third-order valence-corrected chi connectivity index (χ3v) is 7.25. The molecule has 0 bridgehead atoms. The van der Waals surface area contributed by atoms with Crippen LogP contribution >= 0.6 is 11.3 Å². The first-order chi connectivity index (χ1) is 16.1. The first kappa shape index (κ1) is 25.7. The number of aromatic nitrogens is 2. The Kier molecular flexibility index (Phi) is 8.30. The predicted octanol–water partition coefficient (Wildman–Crippen LogP) is 0.599. The molecule has 3 aromatic rings. The Morgan fingerprint density at radius 3 is 2.44 bits per heavy atom. The number of nitrogens with two attached hydrogens (primary N) is 3. The average Bonchev–Trinajstić information content (AvgIpc) is 3.44. The van der Waals surface area contributed by atoms with Gasteiger partial charge in [-0.3, -0.25) is 24.3 Å². The quantitative estimate of drug-likeness (QED) is 0.102. The molecule has 11 nitrogen and oxygen atoms in total. The van der Waals surface area contributed by atoms with Crippen molar-refractivity contribution in [2.45, 2.75) is 30.1 Å². The van der Waals surface area contributed by atoms with E-state index in [1.54, 1.807) is 30.1 Å². The molecular weight excluding hydrogens is 478 g/mol. The van der Waals surface area contributed by atoms with Crippen molar-refractivity contribution < 1.29 is 18.0 Å². The Labute approximate surface area is 201 Å². The smallest absolute Gasteiger partial charge is 0.261 e. The summed E-state index contributed by atoms with van der Waals surface area (Å²) in [5.74, 6) is -1.63. The summed E-state index contributed by atoms with van der Waals surface area (Å²) in [6.45, 7) is 0.441. The predicted molar refractivity (Wildman–Crippen MR) is 130 cm³/mol. The van der Waals surface area contributed by atoms with Gasteiger partial charge >= 0.3 is 0 Å². The molecule has 182 valence electrons. The van der Waals surface area contributed by atoms with Crippen LogP contribution in [-0.4, -0.2) is 48.6 Å². The van der Waals surface area contributed by atoms with Gasteiger partial charge in [0.25, 0.3) is 10.0 Å². The van der Waals surface area contributed by atoms with E-state index in [1.807, 2.05) is 6.20 Å². The third-order valence-electron chi connectivity index (χ3n) is 4.95. The van der Waals surface area contributed by atoms with Gasteiger partial charge < -0.3 is 17.2 Å². The zero-order valence-electron chi connectivity index (χ0n) is 18.5. The van der Waals surface area contributed by atoms with Crippen molar-refractivity contribution in [3.8, 4) is 11.1 Å². The van der Waals surface area contributed by atoms with Gasteiger partial charge in [-0.05, 0) is 48.5 Å². The Morgan fingerprint density at radius 1 is 1.12 bits per heavy atom. The van der Waals surface area contributed by atoms with Crippen LogP contribution in [0.4, 0.5) is 5.69 Å². The van der Waals surface area contributed by atoms with E-state index in [4.69, 9.17) is 17.2 Å². The normalized spacial score (nSPS) is 12.6. The molecule has 2 heterocycles. The third kappa shape index (κ3) is 6.34. The van der Waals surface area contributed by atoms with Gasteiger partial charge in [0, 0.05) is 18.8 Å². The molecule has 13 heteroatoms. The molecule has 0 aliphatic rings. The molecule has 0 fully saturated rings. The standard InChI is InChI=1S/C21H27N7O4S2/c1-28-12-14(11-26-28)13-4-6-15(7-5-13)34(31,32)27-17-8-10-33-20(17)19(30)18(29)16(22)3-2-9-25-21(23)24/h4-8,10-12,16,21,25,27H,2-3,9,22-24H2,1H3/t16-/m0/s1. The molecule has 8 N–H and O–H groups in total. The first-order valence-electron chi connectivity index (χ1n) is 10.4. The number of nitrogens with zero attached hydrogens (tertiary/aromatic N) is 2. The van der Waals surface area contributed by atoms with Crippen LogP contribution in [0.15, 0.2) is 53.0 Å². The number of hydrogen-bond acceptors (Lipinski definition) is 10. The minimum Gasteiger partial charge on any atom is -0.321 e. The van der Waals surface area contributed by atoms with Crippen LogP contribution in [0, 0.1) is 0 Å². The van der Waals surface area contributed by atoms with E-state index < -0.39 is 33.9 Å². The van der Waals surface area contributed by atoms with Gasteiger partial charge in [-0.15, -0.1) is 11.3 Å². The number of ketones is 2. The van der Waals surface area contributed by atoms with Crippen molar-refractivity contribution in [2.24, 2.45) is 24.2 Å². The molecule has 0 aliphatic heterocycles. The average molecular weight is 506 g/mol. The number of carbonyl (C=O) groups excluding carboxylic acids is 2. The van der Waals surface area contributed by atoms with Gasteiger partial charge in [-0.1, -0.05) is 12.1 Å². The molecule has 0 spiro atoms. The molecular formula is C21H27N7O4S2. The Balaban J connectivity index is 1.68. The number of aryl methyl sites for hydroxylation is 1. The summed E-state index contributed by atoms with van der Waals surface area (Å²) >= 11 is 0.966. The molecule has 0 amide bonds. The number of sulfonamides is 1. The van der Waals surface area contributed by atoms with E-state index >= 15 is 0 Å². The molecule has 1 atom stereocenters. The lowest BCUT2D eigenvalue weighted by molar-refractivity contribution is -0.116. The number of Topliss-reactive ketones (excluding diaryl/α,β-unsaturated/α-hetero) is 2. The minimum absolute atomic E-state index is 0.0124. The number of anilines is 1. The molecule has 3 rings (SSSR count). The van der Waals surface area contributed by atoms with E-state index in [2.05, 4.69) is 15.1 Å². The van der Waals surface area contributed by atoms with Crippen molar-refractivity contribution in [3.63, 3.8) is 0 Å². The molecule has 34 heavy (non-hydrogen) atoms. The molecule has 0 radical (unpaired) electrons. The largest absolute Gasteiger partial charge is 0.321 e. The molecule has 1 aromatic carbocycles. The topological polar surface area (TPSA) is 188 Å². The van der Waals surface area contributed by atoms with Crippen LogP contribution in [0.1, 0.15) is 22.5 Å². The van der Waals surface area contributed by atoms with Crippen molar-refractivity contribution in [1.29, 1.82) is 0 Å². The van der Waals surface area contributed by atoms with Crippen molar-refractivity contribution >= 4 is 38.6 Å². The highest BCUT2D eigenvalue weighted by atomic mass is 32.2. The van der Waals surface area contributed by atoms with Gasteiger partial charge in [0.1, 0.15) is 11.2 Å². The fraction of sp³-hybridized carbons (Fsp3) is 0.286. The van der Waals surface area contributed by atoms with E-state index in [-0.39, 0.29) is 21.9 Å². The van der Waals surface area contributed by atoms with E-state index in [0.29, 0.717) is 13.0 Å². The number of benzene rings is 1. The molecule has 0 saturated heterocycles. The fourth-order valence-corrected chi connectivity index (χ4v) is 5.10. The summed E-state index contributed by atoms with van der Waals surface area (Å²) in [5.41, 5.74) is 18.3. The molecule has 0 unspecified atom stereocenters. The van der Waals surface area contributed by atoms with Gasteiger partial charge in [0.2, 0.25) is 11.6 Å². The van der Waals surface area contributed by atoms with Crippen molar-refractivity contribution in [1.82, 2.24) is 15.1 Å². The van der Waals surface area contributed by atoms with E-state index in [1.165, 1.54) is 23.6 Å². The van der Waals surface area contributed by atoms with Crippen molar-refractivity contribution in [2.75, 3.05) is 11.3 Å². The lowest BCUT2D eigenvalue weighted by atomic mass is 10.0. The van der Waals surface area contributed by atoms with Crippen LogP contribution in [-0.2, 0) is 21.9 Å². The summed E-state index contributed by atoms with van der Waals surface area (Å²) in [6.07, 6.45) is 3.55. The molecule has 0 saturated carbocycles. The second kappa shape index (κ2) is 11.0. The van der Waals surface area contributed by atoms with Crippen LogP contribution < -0.4 is 27.2 Å². The number of carbonyl (C=O) groups is 2. The lowest BCUT2D eigenvalue weighted by Crippen LogP contribution is -2.46. The summed E-state index contributed by atoms with van der Waals surface area (Å²) in [7, 11) is -2.21. The van der Waals surface area contributed by atoms with Crippen molar-refractivity contribution in [3.05, 3.63) is 53.0 Å². The Hall–Kier alpha value is -2.94. The number of hydrogen-bond donors (Lipinski definition) is 5. The zero-order chi connectivity index (χ0) is 24.9. The maximum atomic E-state index is 12.9. The molecule has 0 aliphatic carbocycles. The van der Waals surface area contributed by atoms with Crippen LogP contribution in [0.5, 0.6) is 0 Å². The maximum Gasteiger partial charge on any atom is 0.261 e. The van der Waals surface area contributed by atoms with Crippen LogP contribution in [0.2, 0.25) is 0 Å². The highest BCUT2D eigenvalue weighted by Gasteiger charge is 2.27. The van der Waals surface area contributed by atoms with Gasteiger partial charge in [-0.2, -0.15) is 5.10 Å². The Bertz CT molecular complexity index is 1250. The second-order valence-corrected chi connectivity index (χ2v) is 10.2. The van der Waals surface area contributed by atoms with Crippen LogP contribution in [0.3, 0.4) is 0 Å². The van der Waals surface area contributed by atoms with Gasteiger partial charge in [0.15, 0.2) is 0 Å². The summed E-state index contributed by atoms with van der Waals surface area (Å²) in [6, 6.07) is 6.67. The highest BCUT2D eigenvalue weighted by Crippen LogP contribution is 2.27. The number of rotatable bonds is 12. The minimum atomic E-state index is -4.00. The van der Waals surface area contributed by atoms with E-state index in [0.717, 1.165) is 22.5 Å². The number of nitrogens with one attached hydrogen (secondary N) is 2. The summed E-state index contributed by atoms with van der Waals surface area (Å²) in [5, 5.41) is 8.42. The zero-order valence-corrected chi connectivity index (χ0v) is 20.1. The summed E-state index contributed by atoms with van der Waals surface area (Å²) < 4.78 is 29.8. The van der Waals surface area contributed by atoms with Gasteiger partial charge in [-0.25, -0.2) is 8.42 Å². The first-order valence-corrected chi connectivity index (χ1v) is 12.7. The highest BCUT2D eigenvalue weighted by molar-refractivity contribution is 7.92. The maximum absolute atomic E-state index is 12.9. The fourth-order valence-electron chi connectivity index (χ4n) is 3.17. The number of thiophene rings is 1. The van der Waals surface area contributed by atoms with Gasteiger partial charge in [0.05, 0.1) is 22.8 Å². The lowest BCUT2D eigenvalue weighted by Gasteiger charge is -2.12. The van der Waals surface area contributed by atoms with E-state index in [9.17, 15) is 18.0 Å². The monoisotopic (exact) mass is 505 g/mol. The summed E-state index contributed by atoms with van der Waals surface area (Å²) in [4.78, 5) is 25.2. The Morgan fingerprint density at radius 2 is 1.82 bits per heavy atom. The molecule has 2 aromatic heterocycles. The van der Waals surface area contributed by atoms with Crippen LogP contribution in [0.25, 0.3) is 11.1 Å². The second-order valence-electron chi connectivity index (χ2n) is 7.62. The SMILES string of the molecule is Cn1cc(-c2ccc(S(=O)(=O)Nc3ccsc3C(=O)C(=O)[C@@H](N)CCCNC(N)N)cc2)cn1.